The Bertz CT molecular complexity index is 566. The number of unbranched alkanes of at least 4 members (excludes halogenated alkanes) is 1. The standard InChI is InChI=1S/C20H29N3O/c1-4-5-6-20(24)23-13-11-22(12-14-23)19(15-21)18-9-7-17(8-10-18)16(2)3/h7-10,16,19H,4-6,11-14H2,1-3H3. The lowest BCUT2D eigenvalue weighted by atomic mass is 9.98. The highest BCUT2D eigenvalue weighted by molar-refractivity contribution is 5.76. The molecule has 1 saturated heterocycles. The fourth-order valence-electron chi connectivity index (χ4n) is 3.15. The second-order valence-electron chi connectivity index (χ2n) is 6.87. The van der Waals surface area contributed by atoms with Gasteiger partial charge in [0.15, 0.2) is 0 Å². The summed E-state index contributed by atoms with van der Waals surface area (Å²) in [4.78, 5) is 16.3. The first-order valence-corrected chi connectivity index (χ1v) is 9.08. The molecular formula is C20H29N3O. The fourth-order valence-corrected chi connectivity index (χ4v) is 3.15. The van der Waals surface area contributed by atoms with Crippen LogP contribution < -0.4 is 0 Å². The maximum atomic E-state index is 12.1. The summed E-state index contributed by atoms with van der Waals surface area (Å²) in [5, 5.41) is 9.63. The largest absolute Gasteiger partial charge is 0.340 e. The van der Waals surface area contributed by atoms with Crippen LogP contribution in [0.4, 0.5) is 0 Å². The number of nitrogens with zero attached hydrogens (tertiary/aromatic N) is 3. The summed E-state index contributed by atoms with van der Waals surface area (Å²) >= 11 is 0. The van der Waals surface area contributed by atoms with Crippen LogP contribution in [0.1, 0.15) is 63.1 Å². The number of hydrogen-bond donors (Lipinski definition) is 0. The Morgan fingerprint density at radius 3 is 2.21 bits per heavy atom. The molecule has 4 nitrogen and oxygen atoms in total. The fraction of sp³-hybridized carbons (Fsp3) is 0.600. The minimum atomic E-state index is -0.223. The number of carbonyl (C=O) groups is 1. The molecule has 0 saturated carbocycles. The van der Waals surface area contributed by atoms with Gasteiger partial charge in [-0.3, -0.25) is 9.69 Å². The lowest BCUT2D eigenvalue weighted by Crippen LogP contribution is -2.49. The van der Waals surface area contributed by atoms with Crippen LogP contribution in [0.3, 0.4) is 0 Å². The number of carbonyl (C=O) groups excluding carboxylic acids is 1. The van der Waals surface area contributed by atoms with Gasteiger partial charge in [0.05, 0.1) is 6.07 Å². The summed E-state index contributed by atoms with van der Waals surface area (Å²) in [5.41, 5.74) is 2.34. The van der Waals surface area contributed by atoms with Gasteiger partial charge < -0.3 is 4.90 Å². The first-order chi connectivity index (χ1) is 11.6. The van der Waals surface area contributed by atoms with Crippen LogP contribution in [0.2, 0.25) is 0 Å². The van der Waals surface area contributed by atoms with Gasteiger partial charge in [-0.15, -0.1) is 0 Å². The van der Waals surface area contributed by atoms with Crippen LogP contribution in [0, 0.1) is 11.3 Å². The third-order valence-corrected chi connectivity index (χ3v) is 4.82. The molecule has 1 amide bonds. The monoisotopic (exact) mass is 327 g/mol. The quantitative estimate of drug-likeness (QED) is 0.800. The SMILES string of the molecule is CCCCC(=O)N1CCN(C(C#N)c2ccc(C(C)C)cc2)CC1. The molecule has 1 aliphatic rings. The number of nitriles is 1. The molecule has 1 fully saturated rings. The van der Waals surface area contributed by atoms with Crippen LogP contribution in [-0.2, 0) is 4.79 Å². The lowest BCUT2D eigenvalue weighted by Gasteiger charge is -2.37. The van der Waals surface area contributed by atoms with Gasteiger partial charge in [-0.2, -0.15) is 5.26 Å². The van der Waals surface area contributed by atoms with Gasteiger partial charge in [-0.05, 0) is 23.5 Å². The predicted molar refractivity (Wildman–Crippen MR) is 96.6 cm³/mol. The molecule has 1 unspecified atom stereocenters. The van der Waals surface area contributed by atoms with Crippen molar-refractivity contribution in [2.45, 2.75) is 52.0 Å². The van der Waals surface area contributed by atoms with Crippen molar-refractivity contribution < 1.29 is 4.79 Å². The van der Waals surface area contributed by atoms with E-state index in [0.29, 0.717) is 12.3 Å². The molecule has 1 aromatic rings. The van der Waals surface area contributed by atoms with E-state index in [9.17, 15) is 10.1 Å². The molecule has 2 rings (SSSR count). The van der Waals surface area contributed by atoms with Crippen molar-refractivity contribution in [3.63, 3.8) is 0 Å². The normalized spacial score (nSPS) is 16.9. The van der Waals surface area contributed by atoms with Gasteiger partial charge in [0.1, 0.15) is 6.04 Å². The summed E-state index contributed by atoms with van der Waals surface area (Å²) in [6.07, 6.45) is 2.66. The van der Waals surface area contributed by atoms with E-state index in [4.69, 9.17) is 0 Å². The molecule has 0 spiro atoms. The Hall–Kier alpha value is -1.86. The van der Waals surface area contributed by atoms with Gasteiger partial charge >= 0.3 is 0 Å². The molecular weight excluding hydrogens is 298 g/mol. The van der Waals surface area contributed by atoms with E-state index in [1.165, 1.54) is 5.56 Å². The van der Waals surface area contributed by atoms with E-state index in [1.54, 1.807) is 0 Å². The summed E-state index contributed by atoms with van der Waals surface area (Å²) in [5.74, 6) is 0.753. The van der Waals surface area contributed by atoms with Gasteiger partial charge in [0.25, 0.3) is 0 Å². The first kappa shape index (κ1) is 18.5. The second-order valence-corrected chi connectivity index (χ2v) is 6.87. The van der Waals surface area contributed by atoms with Crippen LogP contribution in [0.5, 0.6) is 0 Å². The molecule has 0 aliphatic carbocycles. The molecule has 1 heterocycles. The van der Waals surface area contributed by atoms with Crippen molar-refractivity contribution in [3.8, 4) is 6.07 Å². The van der Waals surface area contributed by atoms with Crippen LogP contribution in [0.25, 0.3) is 0 Å². The van der Waals surface area contributed by atoms with E-state index in [2.05, 4.69) is 56.0 Å². The maximum Gasteiger partial charge on any atom is 0.222 e. The Labute approximate surface area is 146 Å². The summed E-state index contributed by atoms with van der Waals surface area (Å²) in [6, 6.07) is 10.6. The Morgan fingerprint density at radius 1 is 1.12 bits per heavy atom. The van der Waals surface area contributed by atoms with E-state index < -0.39 is 0 Å². The van der Waals surface area contributed by atoms with E-state index >= 15 is 0 Å². The second kappa shape index (κ2) is 8.84. The van der Waals surface area contributed by atoms with Crippen molar-refractivity contribution >= 4 is 5.91 Å². The molecule has 0 N–H and O–H groups in total. The Balaban J connectivity index is 1.96. The maximum absolute atomic E-state index is 12.1. The minimum absolute atomic E-state index is 0.223. The molecule has 130 valence electrons. The summed E-state index contributed by atoms with van der Waals surface area (Å²) in [7, 11) is 0. The minimum Gasteiger partial charge on any atom is -0.340 e. The van der Waals surface area contributed by atoms with Gasteiger partial charge in [0, 0.05) is 32.6 Å². The molecule has 1 aliphatic heterocycles. The predicted octanol–water partition coefficient (Wildman–Crippen LogP) is 3.71. The summed E-state index contributed by atoms with van der Waals surface area (Å²) < 4.78 is 0. The number of amides is 1. The zero-order chi connectivity index (χ0) is 17.5. The highest BCUT2D eigenvalue weighted by atomic mass is 16.2. The van der Waals surface area contributed by atoms with Crippen molar-refractivity contribution in [2.24, 2.45) is 0 Å². The van der Waals surface area contributed by atoms with E-state index in [1.807, 2.05) is 4.90 Å². The Kier molecular flexibility index (Phi) is 6.81. The molecule has 4 heteroatoms. The number of hydrogen-bond acceptors (Lipinski definition) is 3. The zero-order valence-electron chi connectivity index (χ0n) is 15.2. The van der Waals surface area contributed by atoms with Gasteiger partial charge in [0.2, 0.25) is 5.91 Å². The smallest absolute Gasteiger partial charge is 0.222 e. The number of benzene rings is 1. The topological polar surface area (TPSA) is 47.3 Å². The molecule has 0 bridgehead atoms. The van der Waals surface area contributed by atoms with Crippen LogP contribution in [0.15, 0.2) is 24.3 Å². The van der Waals surface area contributed by atoms with E-state index in [0.717, 1.165) is 44.6 Å². The van der Waals surface area contributed by atoms with Crippen LogP contribution in [-0.4, -0.2) is 41.9 Å². The van der Waals surface area contributed by atoms with Crippen molar-refractivity contribution in [1.82, 2.24) is 9.80 Å². The average molecular weight is 327 g/mol. The van der Waals surface area contributed by atoms with Crippen molar-refractivity contribution in [1.29, 1.82) is 5.26 Å². The lowest BCUT2D eigenvalue weighted by molar-refractivity contribution is -0.133. The third-order valence-electron chi connectivity index (χ3n) is 4.82. The van der Waals surface area contributed by atoms with Crippen molar-refractivity contribution in [2.75, 3.05) is 26.2 Å². The van der Waals surface area contributed by atoms with Gasteiger partial charge in [-0.25, -0.2) is 0 Å². The third kappa shape index (κ3) is 4.58. The summed E-state index contributed by atoms with van der Waals surface area (Å²) in [6.45, 7) is 9.43. The Morgan fingerprint density at radius 2 is 1.71 bits per heavy atom. The molecule has 0 aromatic heterocycles. The first-order valence-electron chi connectivity index (χ1n) is 9.08. The zero-order valence-corrected chi connectivity index (χ0v) is 15.2. The number of piperazine rings is 1. The molecule has 0 radical (unpaired) electrons. The molecule has 1 aromatic carbocycles. The van der Waals surface area contributed by atoms with Gasteiger partial charge in [-0.1, -0.05) is 51.5 Å². The average Bonchev–Trinajstić information content (AvgIpc) is 2.61. The highest BCUT2D eigenvalue weighted by Crippen LogP contribution is 2.24. The van der Waals surface area contributed by atoms with Crippen LogP contribution >= 0.6 is 0 Å². The number of rotatable bonds is 6. The van der Waals surface area contributed by atoms with E-state index in [-0.39, 0.29) is 11.9 Å². The molecule has 1 atom stereocenters. The van der Waals surface area contributed by atoms with Crippen molar-refractivity contribution in [3.05, 3.63) is 35.4 Å². The highest BCUT2D eigenvalue weighted by Gasteiger charge is 2.26. The molecule has 24 heavy (non-hydrogen) atoms.